The second-order valence-electron chi connectivity index (χ2n) is 11.1. The number of hydrogen-bond donors (Lipinski definition) is 0. The van der Waals surface area contributed by atoms with Gasteiger partial charge in [0.1, 0.15) is 6.10 Å². The number of likely N-dealkylation sites (tertiary alicyclic amines) is 1. The fraction of sp³-hybridized carbons (Fsp3) is 0.593. The average Bonchev–Trinajstić information content (AvgIpc) is 3.61. The molecule has 1 aromatic carbocycles. The molecule has 2 saturated carbocycles. The lowest BCUT2D eigenvalue weighted by atomic mass is 9.61. The van der Waals surface area contributed by atoms with E-state index in [2.05, 4.69) is 63.9 Å². The van der Waals surface area contributed by atoms with Crippen molar-refractivity contribution in [2.45, 2.75) is 70.4 Å². The van der Waals surface area contributed by atoms with Crippen LogP contribution in [0.25, 0.3) is 0 Å². The van der Waals surface area contributed by atoms with Gasteiger partial charge in [0.05, 0.1) is 30.6 Å². The summed E-state index contributed by atoms with van der Waals surface area (Å²) >= 11 is 0. The Hall–Kier alpha value is -2.87. The van der Waals surface area contributed by atoms with Crippen LogP contribution in [0.2, 0.25) is 0 Å². The van der Waals surface area contributed by atoms with E-state index in [1.165, 1.54) is 5.56 Å². The standard InChI is InChI=1S/C27H35N5O3/c1-19-14-31(25-28-12-24(13-29-25)34-22-8-9-22)15-20(2)32(19)26(33)35-23-10-27(11-23)17-30(18-27)16-21-6-4-3-5-7-21/h3-7,12-13,19-20,22-23H,8-11,14-18H2,1-2H3/t19-,20+. The maximum atomic E-state index is 13.1. The summed E-state index contributed by atoms with van der Waals surface area (Å²) in [6.07, 6.45) is 7.90. The maximum absolute atomic E-state index is 13.1. The van der Waals surface area contributed by atoms with Crippen LogP contribution in [0.1, 0.15) is 45.1 Å². The summed E-state index contributed by atoms with van der Waals surface area (Å²) in [6.45, 7) is 8.73. The molecule has 4 aliphatic rings. The van der Waals surface area contributed by atoms with Crippen LogP contribution in [0.15, 0.2) is 42.7 Å². The Kier molecular flexibility index (Phi) is 5.79. The Bertz CT molecular complexity index is 1020. The summed E-state index contributed by atoms with van der Waals surface area (Å²) in [7, 11) is 0. The molecule has 35 heavy (non-hydrogen) atoms. The van der Waals surface area contributed by atoms with Gasteiger partial charge in [-0.05, 0) is 45.1 Å². The van der Waals surface area contributed by atoms with Crippen molar-refractivity contribution < 1.29 is 14.3 Å². The molecule has 1 spiro atoms. The van der Waals surface area contributed by atoms with E-state index in [-0.39, 0.29) is 24.3 Å². The van der Waals surface area contributed by atoms with E-state index in [0.29, 0.717) is 30.6 Å². The van der Waals surface area contributed by atoms with E-state index >= 15 is 0 Å². The van der Waals surface area contributed by atoms with Gasteiger partial charge in [0, 0.05) is 38.1 Å². The van der Waals surface area contributed by atoms with Crippen LogP contribution in [0.3, 0.4) is 0 Å². The van der Waals surface area contributed by atoms with Crippen molar-refractivity contribution in [2.24, 2.45) is 5.41 Å². The lowest BCUT2D eigenvalue weighted by molar-refractivity contribution is -0.137. The summed E-state index contributed by atoms with van der Waals surface area (Å²) < 4.78 is 11.7. The smallest absolute Gasteiger partial charge is 0.410 e. The number of aromatic nitrogens is 2. The Morgan fingerprint density at radius 2 is 1.66 bits per heavy atom. The molecule has 0 bridgehead atoms. The zero-order chi connectivity index (χ0) is 24.0. The highest BCUT2D eigenvalue weighted by molar-refractivity contribution is 5.69. The van der Waals surface area contributed by atoms with E-state index in [1.807, 2.05) is 4.90 Å². The highest BCUT2D eigenvalue weighted by Crippen LogP contribution is 2.50. The van der Waals surface area contributed by atoms with Crippen LogP contribution in [0, 0.1) is 5.41 Å². The van der Waals surface area contributed by atoms with Gasteiger partial charge in [0.25, 0.3) is 0 Å². The van der Waals surface area contributed by atoms with Crippen molar-refractivity contribution in [2.75, 3.05) is 31.1 Å². The summed E-state index contributed by atoms with van der Waals surface area (Å²) in [4.78, 5) is 28.6. The van der Waals surface area contributed by atoms with E-state index in [0.717, 1.165) is 51.1 Å². The number of amides is 1. The molecule has 1 aromatic heterocycles. The molecule has 0 N–H and O–H groups in total. The van der Waals surface area contributed by atoms with Gasteiger partial charge in [-0.3, -0.25) is 9.80 Å². The van der Waals surface area contributed by atoms with Gasteiger partial charge in [-0.25, -0.2) is 14.8 Å². The Labute approximate surface area is 207 Å². The molecular weight excluding hydrogens is 442 g/mol. The first-order valence-electron chi connectivity index (χ1n) is 13.0. The molecule has 8 heteroatoms. The van der Waals surface area contributed by atoms with Crippen molar-refractivity contribution in [3.05, 3.63) is 48.3 Å². The second kappa shape index (κ2) is 8.97. The fourth-order valence-electron chi connectivity index (χ4n) is 6.06. The van der Waals surface area contributed by atoms with Crippen LogP contribution in [-0.4, -0.2) is 76.3 Å². The molecule has 2 aliphatic carbocycles. The minimum absolute atomic E-state index is 0.0244. The van der Waals surface area contributed by atoms with E-state index in [4.69, 9.17) is 9.47 Å². The molecule has 2 aliphatic heterocycles. The first-order valence-corrected chi connectivity index (χ1v) is 13.0. The van der Waals surface area contributed by atoms with Gasteiger partial charge in [-0.15, -0.1) is 0 Å². The largest absolute Gasteiger partial charge is 0.487 e. The molecule has 6 rings (SSSR count). The zero-order valence-electron chi connectivity index (χ0n) is 20.7. The topological polar surface area (TPSA) is 71.0 Å². The SMILES string of the molecule is C[C@@H]1CN(c2ncc(OC3CC3)cn2)C[C@H](C)N1C(=O)OC1CC2(C1)CN(Cc1ccccc1)C2. The number of rotatable bonds is 6. The predicted octanol–water partition coefficient (Wildman–Crippen LogP) is 3.72. The fourth-order valence-corrected chi connectivity index (χ4v) is 6.06. The summed E-state index contributed by atoms with van der Waals surface area (Å²) in [5.74, 6) is 1.42. The number of carbonyl (C=O) groups excluding carboxylic acids is 1. The minimum Gasteiger partial charge on any atom is -0.487 e. The lowest BCUT2D eigenvalue weighted by Crippen LogP contribution is -2.65. The molecule has 2 atom stereocenters. The molecule has 186 valence electrons. The molecule has 0 radical (unpaired) electrons. The number of hydrogen-bond acceptors (Lipinski definition) is 7. The van der Waals surface area contributed by atoms with Crippen molar-refractivity contribution in [3.8, 4) is 5.75 Å². The molecule has 2 saturated heterocycles. The van der Waals surface area contributed by atoms with E-state index in [1.54, 1.807) is 12.4 Å². The second-order valence-corrected chi connectivity index (χ2v) is 11.1. The number of anilines is 1. The first-order chi connectivity index (χ1) is 17.0. The number of carbonyl (C=O) groups is 1. The third kappa shape index (κ3) is 4.81. The summed E-state index contributed by atoms with van der Waals surface area (Å²) in [6, 6.07) is 10.7. The minimum atomic E-state index is -0.181. The van der Waals surface area contributed by atoms with Crippen LogP contribution in [0.4, 0.5) is 10.7 Å². The van der Waals surface area contributed by atoms with Gasteiger partial charge in [-0.2, -0.15) is 0 Å². The van der Waals surface area contributed by atoms with Crippen molar-refractivity contribution in [1.82, 2.24) is 19.8 Å². The summed E-state index contributed by atoms with van der Waals surface area (Å²) in [5.41, 5.74) is 1.71. The average molecular weight is 478 g/mol. The van der Waals surface area contributed by atoms with Gasteiger partial charge < -0.3 is 14.4 Å². The van der Waals surface area contributed by atoms with Gasteiger partial charge in [0.15, 0.2) is 5.75 Å². The molecule has 3 heterocycles. The maximum Gasteiger partial charge on any atom is 0.410 e. The van der Waals surface area contributed by atoms with Gasteiger partial charge in [-0.1, -0.05) is 30.3 Å². The van der Waals surface area contributed by atoms with Crippen LogP contribution in [-0.2, 0) is 11.3 Å². The quantitative estimate of drug-likeness (QED) is 0.628. The predicted molar refractivity (Wildman–Crippen MR) is 132 cm³/mol. The van der Waals surface area contributed by atoms with Crippen molar-refractivity contribution >= 4 is 12.0 Å². The van der Waals surface area contributed by atoms with Gasteiger partial charge in [0.2, 0.25) is 5.95 Å². The van der Waals surface area contributed by atoms with Crippen molar-refractivity contribution in [3.63, 3.8) is 0 Å². The number of nitrogens with zero attached hydrogens (tertiary/aromatic N) is 5. The molecule has 8 nitrogen and oxygen atoms in total. The summed E-state index contributed by atoms with van der Waals surface area (Å²) in [5, 5.41) is 0. The van der Waals surface area contributed by atoms with Crippen molar-refractivity contribution in [1.29, 1.82) is 0 Å². The molecular formula is C27H35N5O3. The monoisotopic (exact) mass is 477 g/mol. The van der Waals surface area contributed by atoms with Crippen LogP contribution >= 0.6 is 0 Å². The number of benzene rings is 1. The van der Waals surface area contributed by atoms with Crippen LogP contribution in [0.5, 0.6) is 5.75 Å². The highest BCUT2D eigenvalue weighted by Gasteiger charge is 2.54. The molecule has 1 amide bonds. The zero-order valence-corrected chi connectivity index (χ0v) is 20.7. The van der Waals surface area contributed by atoms with E-state index < -0.39 is 0 Å². The number of ether oxygens (including phenoxy) is 2. The van der Waals surface area contributed by atoms with E-state index in [9.17, 15) is 4.79 Å². The Morgan fingerprint density at radius 3 is 2.29 bits per heavy atom. The first kappa shape index (κ1) is 22.6. The Balaban J connectivity index is 0.966. The Morgan fingerprint density at radius 1 is 1.00 bits per heavy atom. The van der Waals surface area contributed by atoms with Crippen LogP contribution < -0.4 is 9.64 Å². The molecule has 4 fully saturated rings. The third-order valence-electron chi connectivity index (χ3n) is 7.81. The number of piperazine rings is 1. The molecule has 0 unspecified atom stereocenters. The normalized spacial score (nSPS) is 26.2. The molecule has 2 aromatic rings. The lowest BCUT2D eigenvalue weighted by Gasteiger charge is -2.58. The highest BCUT2D eigenvalue weighted by atomic mass is 16.6. The van der Waals surface area contributed by atoms with Gasteiger partial charge >= 0.3 is 6.09 Å². The third-order valence-corrected chi connectivity index (χ3v) is 7.81.